The number of hydrogen-bond acceptors (Lipinski definition) is 3. The third-order valence-corrected chi connectivity index (χ3v) is 3.09. The van der Waals surface area contributed by atoms with Crippen molar-refractivity contribution in [3.63, 3.8) is 0 Å². The third-order valence-electron chi connectivity index (χ3n) is 3.09. The van der Waals surface area contributed by atoms with Crippen LogP contribution in [0.25, 0.3) is 0 Å². The number of hydrogen-bond donors (Lipinski definition) is 2. The Hall–Kier alpha value is -1.69. The summed E-state index contributed by atoms with van der Waals surface area (Å²) in [4.78, 5) is 13.4. The van der Waals surface area contributed by atoms with Gasteiger partial charge in [-0.2, -0.15) is 0 Å². The smallest absolute Gasteiger partial charge is 0.254 e. The lowest BCUT2D eigenvalue weighted by atomic mass is 10.1. The molecule has 0 aliphatic carbocycles. The second kappa shape index (κ2) is 5.52. The van der Waals surface area contributed by atoms with Gasteiger partial charge in [-0.15, -0.1) is 0 Å². The number of rotatable bonds is 3. The topological polar surface area (TPSA) is 52.6 Å². The molecule has 6 heteroatoms. The van der Waals surface area contributed by atoms with Crippen molar-refractivity contribution >= 4 is 11.6 Å². The van der Waals surface area contributed by atoms with Crippen molar-refractivity contribution in [2.75, 3.05) is 25.0 Å². The van der Waals surface area contributed by atoms with Crippen LogP contribution >= 0.6 is 0 Å². The Morgan fingerprint density at radius 1 is 1.47 bits per heavy atom. The summed E-state index contributed by atoms with van der Waals surface area (Å²) in [6.45, 7) is 2.72. The molecule has 0 radical (unpaired) electrons. The van der Waals surface area contributed by atoms with Gasteiger partial charge in [-0.05, 0) is 25.5 Å². The third kappa shape index (κ3) is 2.84. The van der Waals surface area contributed by atoms with E-state index in [1.807, 2.05) is 0 Å². The maximum absolute atomic E-state index is 13.7. The number of β-amino-alcohol motifs (C(OH)–C–C–N with tert-alkyl or cyclic N) is 1. The summed E-state index contributed by atoms with van der Waals surface area (Å²) in [5.41, 5.74) is -0.258. The molecule has 1 amide bonds. The van der Waals surface area contributed by atoms with Gasteiger partial charge in [0.25, 0.3) is 5.91 Å². The minimum Gasteiger partial charge on any atom is -0.391 e. The van der Waals surface area contributed by atoms with E-state index in [0.29, 0.717) is 19.5 Å². The van der Waals surface area contributed by atoms with E-state index in [9.17, 15) is 18.7 Å². The van der Waals surface area contributed by atoms with Crippen molar-refractivity contribution in [3.8, 4) is 0 Å². The van der Waals surface area contributed by atoms with Crippen LogP contribution < -0.4 is 5.32 Å². The number of carbonyl (C=O) groups is 1. The maximum atomic E-state index is 13.7. The van der Waals surface area contributed by atoms with Crippen molar-refractivity contribution in [1.29, 1.82) is 0 Å². The summed E-state index contributed by atoms with van der Waals surface area (Å²) in [7, 11) is 0. The van der Waals surface area contributed by atoms with Crippen molar-refractivity contribution in [3.05, 3.63) is 29.3 Å². The Bertz CT molecular complexity index is 471. The molecular formula is C13H16F2N2O2. The van der Waals surface area contributed by atoms with Crippen LogP contribution in [0.5, 0.6) is 0 Å². The van der Waals surface area contributed by atoms with Gasteiger partial charge in [0.2, 0.25) is 0 Å². The molecule has 1 fully saturated rings. The first-order chi connectivity index (χ1) is 9.02. The average molecular weight is 270 g/mol. The molecule has 0 spiro atoms. The SMILES string of the molecule is CCNc1c(F)cc(C(=O)N2CCC(O)C2)cc1F. The standard InChI is InChI=1S/C13H16F2N2O2/c1-2-16-12-10(14)5-8(6-11(12)15)13(19)17-4-3-9(18)7-17/h5-6,9,16,18H,2-4,7H2,1H3. The highest BCUT2D eigenvalue weighted by molar-refractivity contribution is 5.94. The zero-order valence-corrected chi connectivity index (χ0v) is 10.6. The maximum Gasteiger partial charge on any atom is 0.254 e. The molecule has 104 valence electrons. The molecule has 1 saturated heterocycles. The normalized spacial score (nSPS) is 18.7. The second-order valence-electron chi connectivity index (χ2n) is 4.54. The van der Waals surface area contributed by atoms with Gasteiger partial charge in [0.15, 0.2) is 0 Å². The molecule has 0 bridgehead atoms. The van der Waals surface area contributed by atoms with Crippen LogP contribution in [0.1, 0.15) is 23.7 Å². The van der Waals surface area contributed by atoms with Gasteiger partial charge in [-0.1, -0.05) is 0 Å². The first-order valence-electron chi connectivity index (χ1n) is 6.23. The number of amides is 1. The molecule has 1 heterocycles. The minimum absolute atomic E-state index is 0.0363. The highest BCUT2D eigenvalue weighted by Crippen LogP contribution is 2.22. The lowest BCUT2D eigenvalue weighted by molar-refractivity contribution is 0.0764. The largest absolute Gasteiger partial charge is 0.391 e. The summed E-state index contributed by atoms with van der Waals surface area (Å²) in [5.74, 6) is -2.03. The Morgan fingerprint density at radius 2 is 2.11 bits per heavy atom. The van der Waals surface area contributed by atoms with Crippen LogP contribution in [-0.4, -0.2) is 41.7 Å². The van der Waals surface area contributed by atoms with Crippen LogP contribution in [-0.2, 0) is 0 Å². The Labute approximate surface area is 110 Å². The fourth-order valence-corrected chi connectivity index (χ4v) is 2.15. The number of anilines is 1. The van der Waals surface area contributed by atoms with E-state index in [-0.39, 0.29) is 17.8 Å². The number of aliphatic hydroxyl groups is 1. The van der Waals surface area contributed by atoms with Gasteiger partial charge in [0.1, 0.15) is 17.3 Å². The van der Waals surface area contributed by atoms with Gasteiger partial charge >= 0.3 is 0 Å². The summed E-state index contributed by atoms with van der Waals surface area (Å²) in [5, 5.41) is 11.9. The van der Waals surface area contributed by atoms with E-state index < -0.39 is 23.6 Å². The monoisotopic (exact) mass is 270 g/mol. The van der Waals surface area contributed by atoms with Crippen molar-refractivity contribution in [2.45, 2.75) is 19.4 Å². The number of nitrogens with zero attached hydrogens (tertiary/aromatic N) is 1. The molecule has 1 unspecified atom stereocenters. The fourth-order valence-electron chi connectivity index (χ4n) is 2.15. The van der Waals surface area contributed by atoms with Gasteiger partial charge in [-0.25, -0.2) is 8.78 Å². The van der Waals surface area contributed by atoms with Gasteiger partial charge < -0.3 is 15.3 Å². The zero-order valence-electron chi connectivity index (χ0n) is 10.6. The second-order valence-corrected chi connectivity index (χ2v) is 4.54. The predicted octanol–water partition coefficient (Wildman–Crippen LogP) is 1.60. The van der Waals surface area contributed by atoms with E-state index >= 15 is 0 Å². The van der Waals surface area contributed by atoms with Gasteiger partial charge in [0, 0.05) is 25.2 Å². The summed E-state index contributed by atoms with van der Waals surface area (Å²) < 4.78 is 27.4. The molecule has 1 aromatic carbocycles. The van der Waals surface area contributed by atoms with E-state index in [1.165, 1.54) is 4.90 Å². The number of nitrogens with one attached hydrogen (secondary N) is 1. The van der Waals surface area contributed by atoms with E-state index in [1.54, 1.807) is 6.92 Å². The Morgan fingerprint density at radius 3 is 2.58 bits per heavy atom. The lowest BCUT2D eigenvalue weighted by Crippen LogP contribution is -2.29. The quantitative estimate of drug-likeness (QED) is 0.877. The van der Waals surface area contributed by atoms with Crippen LogP contribution in [0, 0.1) is 11.6 Å². The number of benzene rings is 1. The first-order valence-corrected chi connectivity index (χ1v) is 6.23. The zero-order chi connectivity index (χ0) is 14.0. The summed E-state index contributed by atoms with van der Waals surface area (Å²) in [6, 6.07) is 2.04. The number of aliphatic hydroxyl groups excluding tert-OH is 1. The number of halogens is 2. The first kappa shape index (κ1) is 13.7. The highest BCUT2D eigenvalue weighted by atomic mass is 19.1. The van der Waals surface area contributed by atoms with Gasteiger partial charge in [-0.3, -0.25) is 4.79 Å². The lowest BCUT2D eigenvalue weighted by Gasteiger charge is -2.16. The predicted molar refractivity (Wildman–Crippen MR) is 67.0 cm³/mol. The molecule has 1 aromatic rings. The fraction of sp³-hybridized carbons (Fsp3) is 0.462. The van der Waals surface area contributed by atoms with Crippen molar-refractivity contribution in [2.24, 2.45) is 0 Å². The molecule has 2 rings (SSSR count). The number of likely N-dealkylation sites (tertiary alicyclic amines) is 1. The molecule has 0 aromatic heterocycles. The van der Waals surface area contributed by atoms with E-state index in [4.69, 9.17) is 0 Å². The number of carbonyl (C=O) groups excluding carboxylic acids is 1. The molecule has 19 heavy (non-hydrogen) atoms. The molecule has 1 aliphatic heterocycles. The highest BCUT2D eigenvalue weighted by Gasteiger charge is 2.26. The van der Waals surface area contributed by atoms with Crippen LogP contribution in [0.2, 0.25) is 0 Å². The molecule has 2 N–H and O–H groups in total. The van der Waals surface area contributed by atoms with Crippen LogP contribution in [0.15, 0.2) is 12.1 Å². The van der Waals surface area contributed by atoms with E-state index in [2.05, 4.69) is 5.32 Å². The summed E-state index contributed by atoms with van der Waals surface area (Å²) >= 11 is 0. The van der Waals surface area contributed by atoms with Crippen molar-refractivity contribution in [1.82, 2.24) is 4.90 Å². The minimum atomic E-state index is -0.787. The van der Waals surface area contributed by atoms with E-state index in [0.717, 1.165) is 12.1 Å². The van der Waals surface area contributed by atoms with Crippen LogP contribution in [0.4, 0.5) is 14.5 Å². The molecular weight excluding hydrogens is 254 g/mol. The van der Waals surface area contributed by atoms with Crippen molar-refractivity contribution < 1.29 is 18.7 Å². The van der Waals surface area contributed by atoms with Gasteiger partial charge in [0.05, 0.1) is 6.10 Å². The summed E-state index contributed by atoms with van der Waals surface area (Å²) in [6.07, 6.45) is -0.0636. The molecule has 4 nitrogen and oxygen atoms in total. The van der Waals surface area contributed by atoms with Crippen LogP contribution in [0.3, 0.4) is 0 Å². The Balaban J connectivity index is 2.23. The molecule has 1 aliphatic rings. The molecule has 0 saturated carbocycles. The molecule has 1 atom stereocenters. The Kier molecular flexibility index (Phi) is 3.99. The average Bonchev–Trinajstić information content (AvgIpc) is 2.79.